The lowest BCUT2D eigenvalue weighted by atomic mass is 9.66. The van der Waals surface area contributed by atoms with Crippen LogP contribution in [0.1, 0.15) is 72.1 Å². The maximum absolute atomic E-state index is 5.99. The highest BCUT2D eigenvalue weighted by Gasteiger charge is 2.43. The predicted octanol–water partition coefficient (Wildman–Crippen LogP) is 4.80. The third kappa shape index (κ3) is 3.24. The van der Waals surface area contributed by atoms with Crippen molar-refractivity contribution in [3.05, 3.63) is 0 Å². The van der Waals surface area contributed by atoms with Gasteiger partial charge in [-0.1, -0.05) is 46.5 Å². The summed E-state index contributed by atoms with van der Waals surface area (Å²) in [6.07, 6.45) is 11.8. The van der Waals surface area contributed by atoms with Gasteiger partial charge in [-0.25, -0.2) is 0 Å². The largest absolute Gasteiger partial charge is 0.378 e. The minimum atomic E-state index is 0.582. The molecule has 0 aromatic carbocycles. The van der Waals surface area contributed by atoms with Gasteiger partial charge in [-0.3, -0.25) is 0 Å². The lowest BCUT2D eigenvalue weighted by molar-refractivity contribution is 0.00934. The van der Waals surface area contributed by atoms with E-state index in [2.05, 4.69) is 20.8 Å². The minimum Gasteiger partial charge on any atom is -0.378 e. The Morgan fingerprint density at radius 3 is 2.82 bits per heavy atom. The molecule has 0 aromatic rings. The molecule has 0 radical (unpaired) electrons. The molecule has 0 bridgehead atoms. The number of hydrogen-bond acceptors (Lipinski definition) is 1. The molecule has 0 amide bonds. The topological polar surface area (TPSA) is 9.23 Å². The molecule has 100 valence electrons. The van der Waals surface area contributed by atoms with Gasteiger partial charge in [0.1, 0.15) is 0 Å². The van der Waals surface area contributed by atoms with E-state index >= 15 is 0 Å². The normalized spacial score (nSPS) is 41.5. The molecule has 1 aliphatic carbocycles. The monoisotopic (exact) mass is 238 g/mol. The first-order chi connectivity index (χ1) is 8.14. The predicted molar refractivity (Wildman–Crippen MR) is 73.1 cm³/mol. The molecule has 0 aromatic heterocycles. The number of unbranched alkanes of at least 4 members (excludes halogenated alkanes) is 3. The smallest absolute Gasteiger partial charge is 0.0612 e. The lowest BCUT2D eigenvalue weighted by Gasteiger charge is -2.40. The summed E-state index contributed by atoms with van der Waals surface area (Å²) in [5.41, 5.74) is 0.582. The van der Waals surface area contributed by atoms with Gasteiger partial charge in [0.15, 0.2) is 0 Å². The van der Waals surface area contributed by atoms with Crippen LogP contribution in [-0.4, -0.2) is 12.7 Å². The SMILES string of the molecule is CCCCCCC1(C)CC[C@H]2C(C)CO[C@@H]2C1. The van der Waals surface area contributed by atoms with E-state index in [9.17, 15) is 0 Å². The number of ether oxygens (including phenoxy) is 1. The van der Waals surface area contributed by atoms with Crippen LogP contribution >= 0.6 is 0 Å². The van der Waals surface area contributed by atoms with E-state index in [-0.39, 0.29) is 0 Å². The highest BCUT2D eigenvalue weighted by atomic mass is 16.5. The molecule has 1 heteroatoms. The minimum absolute atomic E-state index is 0.582. The van der Waals surface area contributed by atoms with E-state index in [0.29, 0.717) is 11.5 Å². The molecule has 1 saturated heterocycles. The summed E-state index contributed by atoms with van der Waals surface area (Å²) in [5, 5.41) is 0. The van der Waals surface area contributed by atoms with Crippen molar-refractivity contribution >= 4 is 0 Å². The maximum Gasteiger partial charge on any atom is 0.0612 e. The van der Waals surface area contributed by atoms with Crippen LogP contribution in [0.2, 0.25) is 0 Å². The van der Waals surface area contributed by atoms with Crippen LogP contribution in [0.3, 0.4) is 0 Å². The van der Waals surface area contributed by atoms with Crippen molar-refractivity contribution in [2.75, 3.05) is 6.61 Å². The lowest BCUT2D eigenvalue weighted by Crippen LogP contribution is -2.34. The molecule has 0 spiro atoms. The number of hydrogen-bond donors (Lipinski definition) is 0. The fraction of sp³-hybridized carbons (Fsp3) is 1.00. The van der Waals surface area contributed by atoms with E-state index in [1.807, 2.05) is 0 Å². The van der Waals surface area contributed by atoms with Crippen molar-refractivity contribution in [2.45, 2.75) is 78.2 Å². The van der Waals surface area contributed by atoms with Gasteiger partial charge >= 0.3 is 0 Å². The summed E-state index contributed by atoms with van der Waals surface area (Å²) in [4.78, 5) is 0. The second-order valence-corrected chi connectivity index (χ2v) is 6.88. The van der Waals surface area contributed by atoms with Gasteiger partial charge in [0.2, 0.25) is 0 Å². The van der Waals surface area contributed by atoms with Crippen LogP contribution < -0.4 is 0 Å². The molecule has 2 fully saturated rings. The molecular formula is C16H30O. The standard InChI is InChI=1S/C16H30O/c1-4-5-6-7-9-16(3)10-8-14-13(2)12-17-15(14)11-16/h13-15H,4-12H2,1-3H3/t13?,14-,15+,16?/m0/s1. The molecular weight excluding hydrogens is 208 g/mol. The fourth-order valence-electron chi connectivity index (χ4n) is 3.88. The first kappa shape index (κ1) is 13.4. The average molecular weight is 238 g/mol. The number of rotatable bonds is 5. The third-order valence-electron chi connectivity index (χ3n) is 5.19. The van der Waals surface area contributed by atoms with Crippen molar-refractivity contribution in [3.8, 4) is 0 Å². The molecule has 4 atom stereocenters. The van der Waals surface area contributed by atoms with E-state index < -0.39 is 0 Å². The first-order valence-electron chi connectivity index (χ1n) is 7.76. The zero-order chi connectivity index (χ0) is 12.3. The molecule has 0 N–H and O–H groups in total. The molecule has 1 saturated carbocycles. The van der Waals surface area contributed by atoms with Gasteiger partial charge in [0.25, 0.3) is 0 Å². The summed E-state index contributed by atoms with van der Waals surface area (Å²) in [6, 6.07) is 0. The van der Waals surface area contributed by atoms with Gasteiger partial charge in [-0.2, -0.15) is 0 Å². The van der Waals surface area contributed by atoms with E-state index in [1.54, 1.807) is 0 Å². The molecule has 2 aliphatic rings. The van der Waals surface area contributed by atoms with Crippen LogP contribution in [0, 0.1) is 17.3 Å². The van der Waals surface area contributed by atoms with Crippen LogP contribution in [0.25, 0.3) is 0 Å². The molecule has 2 unspecified atom stereocenters. The summed E-state index contributed by atoms with van der Waals surface area (Å²) >= 11 is 0. The highest BCUT2D eigenvalue weighted by Crippen LogP contribution is 2.48. The summed E-state index contributed by atoms with van der Waals surface area (Å²) in [6.45, 7) is 8.18. The van der Waals surface area contributed by atoms with Crippen molar-refractivity contribution in [2.24, 2.45) is 17.3 Å². The molecule has 1 aliphatic heterocycles. The Hall–Kier alpha value is -0.0400. The Balaban J connectivity index is 1.78. The fourth-order valence-corrected chi connectivity index (χ4v) is 3.88. The Kier molecular flexibility index (Phi) is 4.52. The van der Waals surface area contributed by atoms with Crippen LogP contribution in [0.15, 0.2) is 0 Å². The molecule has 2 rings (SSSR count). The molecule has 1 heterocycles. The second kappa shape index (κ2) is 5.73. The Morgan fingerprint density at radius 1 is 1.24 bits per heavy atom. The third-order valence-corrected chi connectivity index (χ3v) is 5.19. The summed E-state index contributed by atoms with van der Waals surface area (Å²) in [5.74, 6) is 1.68. The van der Waals surface area contributed by atoms with Gasteiger partial charge in [0, 0.05) is 6.61 Å². The van der Waals surface area contributed by atoms with Crippen molar-refractivity contribution in [1.29, 1.82) is 0 Å². The average Bonchev–Trinajstić information content (AvgIpc) is 2.66. The number of fused-ring (bicyclic) bond motifs is 1. The quantitative estimate of drug-likeness (QED) is 0.625. The molecule has 17 heavy (non-hydrogen) atoms. The van der Waals surface area contributed by atoms with E-state index in [4.69, 9.17) is 4.74 Å². The van der Waals surface area contributed by atoms with Crippen molar-refractivity contribution in [1.82, 2.24) is 0 Å². The van der Waals surface area contributed by atoms with Crippen LogP contribution in [0.4, 0.5) is 0 Å². The maximum atomic E-state index is 5.99. The van der Waals surface area contributed by atoms with Gasteiger partial charge in [-0.15, -0.1) is 0 Å². The van der Waals surface area contributed by atoms with E-state index in [1.165, 1.54) is 51.4 Å². The Labute approximate surface area is 107 Å². The Bertz CT molecular complexity index is 238. The summed E-state index contributed by atoms with van der Waals surface area (Å²) in [7, 11) is 0. The van der Waals surface area contributed by atoms with Gasteiger partial charge in [0.05, 0.1) is 6.10 Å². The van der Waals surface area contributed by atoms with Crippen molar-refractivity contribution in [3.63, 3.8) is 0 Å². The first-order valence-corrected chi connectivity index (χ1v) is 7.76. The van der Waals surface area contributed by atoms with Crippen LogP contribution in [-0.2, 0) is 4.74 Å². The second-order valence-electron chi connectivity index (χ2n) is 6.88. The zero-order valence-corrected chi connectivity index (χ0v) is 12.0. The highest BCUT2D eigenvalue weighted by molar-refractivity contribution is 4.93. The van der Waals surface area contributed by atoms with Gasteiger partial charge in [-0.05, 0) is 42.9 Å². The van der Waals surface area contributed by atoms with Gasteiger partial charge < -0.3 is 4.74 Å². The molecule has 1 nitrogen and oxygen atoms in total. The summed E-state index contributed by atoms with van der Waals surface area (Å²) < 4.78 is 5.99. The van der Waals surface area contributed by atoms with E-state index in [0.717, 1.165) is 18.4 Å². The van der Waals surface area contributed by atoms with Crippen LogP contribution in [0.5, 0.6) is 0 Å². The van der Waals surface area contributed by atoms with Crippen molar-refractivity contribution < 1.29 is 4.74 Å². The Morgan fingerprint density at radius 2 is 2.06 bits per heavy atom. The zero-order valence-electron chi connectivity index (χ0n) is 12.0.